The van der Waals surface area contributed by atoms with Crippen molar-refractivity contribution in [3.63, 3.8) is 0 Å². The third-order valence-electron chi connectivity index (χ3n) is 2.47. The second kappa shape index (κ2) is 4.29. The van der Waals surface area contributed by atoms with Gasteiger partial charge in [-0.15, -0.1) is 0 Å². The van der Waals surface area contributed by atoms with Crippen molar-refractivity contribution < 1.29 is 8.83 Å². The summed E-state index contributed by atoms with van der Waals surface area (Å²) < 4.78 is 10.8. The summed E-state index contributed by atoms with van der Waals surface area (Å²) in [5, 5.41) is 0. The molecule has 2 aromatic heterocycles. The second-order valence-corrected chi connectivity index (χ2v) is 3.71. The average molecular weight is 225 g/mol. The fourth-order valence-corrected chi connectivity index (χ4v) is 1.67. The lowest BCUT2D eigenvalue weighted by molar-refractivity contribution is 0.523. The van der Waals surface area contributed by atoms with Crippen molar-refractivity contribution in [3.05, 3.63) is 60.4 Å². The van der Waals surface area contributed by atoms with Crippen molar-refractivity contribution in [2.45, 2.75) is 6.42 Å². The largest absolute Gasteiger partial charge is 0.469 e. The van der Waals surface area contributed by atoms with E-state index in [1.54, 1.807) is 6.26 Å². The van der Waals surface area contributed by atoms with Gasteiger partial charge in [0.25, 0.3) is 0 Å². The van der Waals surface area contributed by atoms with E-state index in [1.165, 1.54) is 0 Å². The van der Waals surface area contributed by atoms with Crippen LogP contribution in [0.3, 0.4) is 0 Å². The van der Waals surface area contributed by atoms with Gasteiger partial charge in [0.15, 0.2) is 5.58 Å². The quantitative estimate of drug-likeness (QED) is 0.682. The number of oxazole rings is 1. The van der Waals surface area contributed by atoms with Gasteiger partial charge in [-0.05, 0) is 30.3 Å². The summed E-state index contributed by atoms with van der Waals surface area (Å²) in [4.78, 5) is 4.35. The van der Waals surface area contributed by atoms with Crippen molar-refractivity contribution in [1.82, 2.24) is 4.98 Å². The zero-order valence-corrected chi connectivity index (χ0v) is 9.17. The highest BCUT2D eigenvalue weighted by Crippen LogP contribution is 2.15. The molecule has 3 aromatic rings. The molecule has 0 aliphatic heterocycles. The van der Waals surface area contributed by atoms with Crippen molar-refractivity contribution in [2.75, 3.05) is 0 Å². The molecule has 0 amide bonds. The van der Waals surface area contributed by atoms with Gasteiger partial charge in [-0.25, -0.2) is 4.98 Å². The van der Waals surface area contributed by atoms with Crippen molar-refractivity contribution in [3.8, 4) is 0 Å². The van der Waals surface area contributed by atoms with E-state index < -0.39 is 0 Å². The molecule has 3 nitrogen and oxygen atoms in total. The Bertz CT molecular complexity index is 602. The Hall–Kier alpha value is -2.29. The van der Waals surface area contributed by atoms with Crippen LogP contribution in [0.4, 0.5) is 0 Å². The number of fused-ring (bicyclic) bond motifs is 1. The minimum atomic E-state index is 0.623. The molecular weight excluding hydrogens is 214 g/mol. The van der Waals surface area contributed by atoms with E-state index in [4.69, 9.17) is 8.83 Å². The first-order valence-electron chi connectivity index (χ1n) is 5.46. The summed E-state index contributed by atoms with van der Waals surface area (Å²) in [5.41, 5.74) is 1.69. The van der Waals surface area contributed by atoms with Crippen LogP contribution < -0.4 is 0 Å². The average Bonchev–Trinajstić information content (AvgIpc) is 2.96. The Labute approximate surface area is 98.4 Å². The molecule has 0 N–H and O–H groups in total. The van der Waals surface area contributed by atoms with E-state index in [0.717, 1.165) is 23.3 Å². The number of furan rings is 1. The summed E-state index contributed by atoms with van der Waals surface area (Å²) in [7, 11) is 0. The molecule has 84 valence electrons. The lowest BCUT2D eigenvalue weighted by atomic mass is 10.3. The van der Waals surface area contributed by atoms with E-state index in [9.17, 15) is 0 Å². The predicted octanol–water partition coefficient (Wildman–Crippen LogP) is 3.68. The zero-order chi connectivity index (χ0) is 11.5. The molecule has 3 heteroatoms. The van der Waals surface area contributed by atoms with Crippen LogP contribution in [-0.2, 0) is 6.42 Å². The van der Waals surface area contributed by atoms with E-state index in [0.29, 0.717) is 5.89 Å². The molecule has 0 aliphatic rings. The van der Waals surface area contributed by atoms with Crippen LogP contribution in [-0.4, -0.2) is 4.98 Å². The number of allylic oxidation sites excluding steroid dienone is 1. The van der Waals surface area contributed by atoms with Crippen LogP contribution in [0.25, 0.3) is 17.2 Å². The number of para-hydroxylation sites is 2. The highest BCUT2D eigenvalue weighted by Gasteiger charge is 2.00. The Balaban J connectivity index is 1.78. The smallest absolute Gasteiger partial charge is 0.219 e. The molecule has 2 heterocycles. The lowest BCUT2D eigenvalue weighted by Crippen LogP contribution is -1.74. The monoisotopic (exact) mass is 225 g/mol. The van der Waals surface area contributed by atoms with Gasteiger partial charge in [-0.2, -0.15) is 0 Å². The molecule has 0 aliphatic carbocycles. The molecule has 0 unspecified atom stereocenters. The normalized spacial score (nSPS) is 11.5. The summed E-state index contributed by atoms with van der Waals surface area (Å²) >= 11 is 0. The first-order valence-corrected chi connectivity index (χ1v) is 5.46. The van der Waals surface area contributed by atoms with Gasteiger partial charge in [0.2, 0.25) is 5.89 Å². The summed E-state index contributed by atoms with van der Waals surface area (Å²) in [6.07, 6.45) is 6.25. The SMILES string of the molecule is C(=C\c1nc2ccccc2o1)/Cc1ccco1. The lowest BCUT2D eigenvalue weighted by Gasteiger charge is -1.86. The minimum absolute atomic E-state index is 0.623. The summed E-state index contributed by atoms with van der Waals surface area (Å²) in [5.74, 6) is 1.55. The van der Waals surface area contributed by atoms with Crippen LogP contribution in [0.15, 0.2) is 57.6 Å². The Kier molecular flexibility index (Phi) is 2.50. The third kappa shape index (κ3) is 2.13. The maximum absolute atomic E-state index is 5.56. The van der Waals surface area contributed by atoms with Crippen molar-refractivity contribution >= 4 is 17.2 Å². The number of benzene rings is 1. The van der Waals surface area contributed by atoms with Gasteiger partial charge in [0.05, 0.1) is 6.26 Å². The van der Waals surface area contributed by atoms with Gasteiger partial charge in [0, 0.05) is 6.42 Å². The molecular formula is C14H11NO2. The molecule has 0 radical (unpaired) electrons. The van der Waals surface area contributed by atoms with E-state index in [2.05, 4.69) is 4.98 Å². The van der Waals surface area contributed by atoms with Gasteiger partial charge in [0.1, 0.15) is 11.3 Å². The molecule has 3 rings (SSSR count). The van der Waals surface area contributed by atoms with Gasteiger partial charge < -0.3 is 8.83 Å². The first-order chi connectivity index (χ1) is 8.42. The van der Waals surface area contributed by atoms with E-state index >= 15 is 0 Å². The number of hydrogen-bond donors (Lipinski definition) is 0. The number of nitrogens with zero attached hydrogens (tertiary/aromatic N) is 1. The fraction of sp³-hybridized carbons (Fsp3) is 0.0714. The van der Waals surface area contributed by atoms with Gasteiger partial charge in [-0.1, -0.05) is 18.2 Å². The fourth-order valence-electron chi connectivity index (χ4n) is 1.67. The van der Waals surface area contributed by atoms with Crippen molar-refractivity contribution in [2.24, 2.45) is 0 Å². The highest BCUT2D eigenvalue weighted by molar-refractivity contribution is 5.73. The standard InChI is InChI=1S/C14H11NO2/c1-2-8-13-12(7-1)15-14(17-13)9-3-5-11-6-4-10-16-11/h1-4,6-10H,5H2/b9-3+. The molecule has 0 saturated carbocycles. The van der Waals surface area contributed by atoms with Crippen molar-refractivity contribution in [1.29, 1.82) is 0 Å². The molecule has 0 saturated heterocycles. The maximum Gasteiger partial charge on any atom is 0.219 e. The second-order valence-electron chi connectivity index (χ2n) is 3.71. The number of rotatable bonds is 3. The summed E-state index contributed by atoms with van der Waals surface area (Å²) in [6, 6.07) is 11.5. The maximum atomic E-state index is 5.56. The van der Waals surface area contributed by atoms with Gasteiger partial charge in [-0.3, -0.25) is 0 Å². The molecule has 0 fully saturated rings. The first kappa shape index (κ1) is 9.90. The topological polar surface area (TPSA) is 39.2 Å². The molecule has 17 heavy (non-hydrogen) atoms. The molecule has 0 atom stereocenters. The zero-order valence-electron chi connectivity index (χ0n) is 9.17. The van der Waals surface area contributed by atoms with Crippen LogP contribution >= 0.6 is 0 Å². The van der Waals surface area contributed by atoms with Gasteiger partial charge >= 0.3 is 0 Å². The Morgan fingerprint density at radius 1 is 1.12 bits per heavy atom. The highest BCUT2D eigenvalue weighted by atomic mass is 16.3. The molecule has 0 bridgehead atoms. The van der Waals surface area contributed by atoms with Crippen LogP contribution in [0.2, 0.25) is 0 Å². The van der Waals surface area contributed by atoms with E-state index in [1.807, 2.05) is 48.6 Å². The molecule has 0 spiro atoms. The number of aromatic nitrogens is 1. The van der Waals surface area contributed by atoms with Crippen LogP contribution in [0, 0.1) is 0 Å². The minimum Gasteiger partial charge on any atom is -0.469 e. The summed E-state index contributed by atoms with van der Waals surface area (Å²) in [6.45, 7) is 0. The Morgan fingerprint density at radius 3 is 2.88 bits per heavy atom. The van der Waals surface area contributed by atoms with Crippen LogP contribution in [0.1, 0.15) is 11.7 Å². The van der Waals surface area contributed by atoms with Crippen LogP contribution in [0.5, 0.6) is 0 Å². The molecule has 1 aromatic carbocycles. The van der Waals surface area contributed by atoms with E-state index in [-0.39, 0.29) is 0 Å². The Morgan fingerprint density at radius 2 is 2.06 bits per heavy atom. The predicted molar refractivity (Wildman–Crippen MR) is 65.5 cm³/mol. The third-order valence-corrected chi connectivity index (χ3v) is 2.47. The number of hydrogen-bond acceptors (Lipinski definition) is 3.